The van der Waals surface area contributed by atoms with Gasteiger partial charge >= 0.3 is 0 Å². The van der Waals surface area contributed by atoms with Crippen molar-refractivity contribution < 1.29 is 14.4 Å². The Morgan fingerprint density at radius 2 is 2.04 bits per heavy atom. The third-order valence-corrected chi connectivity index (χ3v) is 5.73. The van der Waals surface area contributed by atoms with Gasteiger partial charge in [-0.2, -0.15) is 0 Å². The van der Waals surface area contributed by atoms with Gasteiger partial charge in [-0.15, -0.1) is 0 Å². The third-order valence-electron chi connectivity index (χ3n) is 5.73. The second kappa shape index (κ2) is 6.81. The molecule has 1 saturated heterocycles. The Balaban J connectivity index is 1.45. The number of piperidine rings is 1. The largest absolute Gasteiger partial charge is 0.326 e. The summed E-state index contributed by atoms with van der Waals surface area (Å²) in [6.07, 6.45) is 3.96. The van der Waals surface area contributed by atoms with E-state index in [9.17, 15) is 14.4 Å². The molecule has 2 heterocycles. The Morgan fingerprint density at radius 1 is 1.19 bits per heavy atom. The number of nitrogens with zero attached hydrogens (tertiary/aromatic N) is 1. The number of nitrogens with two attached hydrogens (primary N) is 1. The molecule has 7 heteroatoms. The summed E-state index contributed by atoms with van der Waals surface area (Å²) < 4.78 is 0. The molecule has 3 amide bonds. The fourth-order valence-corrected chi connectivity index (χ4v) is 4.20. The first-order valence-electron chi connectivity index (χ1n) is 9.28. The van der Waals surface area contributed by atoms with E-state index >= 15 is 0 Å². The van der Waals surface area contributed by atoms with Gasteiger partial charge in [0.1, 0.15) is 6.04 Å². The molecule has 1 aliphatic carbocycles. The van der Waals surface area contributed by atoms with Gasteiger partial charge in [0.2, 0.25) is 11.8 Å². The average Bonchev–Trinajstić information content (AvgIpc) is 3.17. The van der Waals surface area contributed by atoms with E-state index < -0.39 is 6.04 Å². The van der Waals surface area contributed by atoms with E-state index in [4.69, 9.17) is 5.73 Å². The minimum Gasteiger partial charge on any atom is -0.326 e. The van der Waals surface area contributed by atoms with Crippen LogP contribution in [0.4, 0.5) is 0 Å². The minimum absolute atomic E-state index is 0.131. The number of fused-ring (bicyclic) bond motifs is 1. The van der Waals surface area contributed by atoms with E-state index in [0.29, 0.717) is 31.1 Å². The van der Waals surface area contributed by atoms with Crippen LogP contribution in [-0.4, -0.2) is 40.7 Å². The Hall–Kier alpha value is -2.25. The number of hydrogen-bond donors (Lipinski definition) is 3. The molecule has 4 rings (SSSR count). The van der Waals surface area contributed by atoms with E-state index in [1.54, 1.807) is 4.90 Å². The minimum atomic E-state index is -0.564. The zero-order valence-electron chi connectivity index (χ0n) is 14.7. The Labute approximate surface area is 152 Å². The smallest absolute Gasteiger partial charge is 0.255 e. The van der Waals surface area contributed by atoms with Crippen molar-refractivity contribution in [1.29, 1.82) is 0 Å². The third kappa shape index (κ3) is 3.12. The quantitative estimate of drug-likeness (QED) is 0.678. The SMILES string of the molecule is N[C@H]1CCC[C@@H]1NCc1ccc2c(c1)C(=O)N(C1CCC(=O)NC1=O)C2. The molecule has 0 radical (unpaired) electrons. The molecule has 7 nitrogen and oxygen atoms in total. The van der Waals surface area contributed by atoms with Crippen LogP contribution < -0.4 is 16.4 Å². The highest BCUT2D eigenvalue weighted by atomic mass is 16.2. The Kier molecular flexibility index (Phi) is 4.50. The van der Waals surface area contributed by atoms with E-state index in [-0.39, 0.29) is 30.2 Å². The van der Waals surface area contributed by atoms with Crippen LogP contribution in [0.5, 0.6) is 0 Å². The highest BCUT2D eigenvalue weighted by Gasteiger charge is 2.39. The molecule has 3 aliphatic rings. The normalized spacial score (nSPS) is 28.4. The highest BCUT2D eigenvalue weighted by Crippen LogP contribution is 2.28. The maximum absolute atomic E-state index is 12.8. The lowest BCUT2D eigenvalue weighted by Crippen LogP contribution is -2.52. The van der Waals surface area contributed by atoms with Crippen LogP contribution in [0.25, 0.3) is 0 Å². The highest BCUT2D eigenvalue weighted by molar-refractivity contribution is 6.05. The number of imide groups is 1. The zero-order chi connectivity index (χ0) is 18.3. The predicted octanol–water partition coefficient (Wildman–Crippen LogP) is 0.417. The number of rotatable bonds is 4. The first-order valence-corrected chi connectivity index (χ1v) is 9.28. The molecule has 138 valence electrons. The first kappa shape index (κ1) is 17.2. The molecule has 0 aromatic heterocycles. The van der Waals surface area contributed by atoms with Crippen LogP contribution in [0.3, 0.4) is 0 Å². The summed E-state index contributed by atoms with van der Waals surface area (Å²) in [5.41, 5.74) is 8.73. The van der Waals surface area contributed by atoms with Gasteiger partial charge in [-0.05, 0) is 36.5 Å². The summed E-state index contributed by atoms with van der Waals surface area (Å²) in [5.74, 6) is -0.776. The van der Waals surface area contributed by atoms with Crippen molar-refractivity contribution in [3.05, 3.63) is 34.9 Å². The Bertz CT molecular complexity index is 763. The molecule has 1 unspecified atom stereocenters. The van der Waals surface area contributed by atoms with Gasteiger partial charge in [0, 0.05) is 37.2 Å². The van der Waals surface area contributed by atoms with Crippen molar-refractivity contribution >= 4 is 17.7 Å². The van der Waals surface area contributed by atoms with Gasteiger partial charge in [-0.3, -0.25) is 19.7 Å². The molecular formula is C19H24N4O3. The van der Waals surface area contributed by atoms with Gasteiger partial charge in [-0.1, -0.05) is 18.6 Å². The van der Waals surface area contributed by atoms with E-state index in [2.05, 4.69) is 10.6 Å². The number of carbonyl (C=O) groups is 3. The Morgan fingerprint density at radius 3 is 2.77 bits per heavy atom. The molecule has 2 fully saturated rings. The number of benzene rings is 1. The molecule has 3 atom stereocenters. The van der Waals surface area contributed by atoms with Crippen LogP contribution in [-0.2, 0) is 22.7 Å². The molecule has 26 heavy (non-hydrogen) atoms. The van der Waals surface area contributed by atoms with Crippen LogP contribution >= 0.6 is 0 Å². The summed E-state index contributed by atoms with van der Waals surface area (Å²) in [6.45, 7) is 1.10. The first-order chi connectivity index (χ1) is 12.5. The topological polar surface area (TPSA) is 105 Å². The standard InChI is InChI=1S/C19H24N4O3/c20-14-2-1-3-15(14)21-9-11-4-5-12-10-23(19(26)13(12)8-11)16-6-7-17(24)22-18(16)25/h4-5,8,14-16,21H,1-3,6-7,9-10,20H2,(H,22,24,25)/t14-,15-,16?/m0/s1. The fourth-order valence-electron chi connectivity index (χ4n) is 4.20. The van der Waals surface area contributed by atoms with Crippen LogP contribution in [0.1, 0.15) is 53.6 Å². The number of amides is 3. The van der Waals surface area contributed by atoms with Crippen molar-refractivity contribution in [3.63, 3.8) is 0 Å². The van der Waals surface area contributed by atoms with Crippen molar-refractivity contribution in [2.75, 3.05) is 0 Å². The second-order valence-corrected chi connectivity index (χ2v) is 7.47. The number of hydrogen-bond acceptors (Lipinski definition) is 5. The van der Waals surface area contributed by atoms with E-state index in [1.165, 1.54) is 0 Å². The van der Waals surface area contributed by atoms with E-state index in [0.717, 1.165) is 30.4 Å². The van der Waals surface area contributed by atoms with Gasteiger partial charge < -0.3 is 16.0 Å². The van der Waals surface area contributed by atoms with Crippen LogP contribution in [0.15, 0.2) is 18.2 Å². The molecule has 1 aromatic carbocycles. The number of carbonyl (C=O) groups excluding carboxylic acids is 3. The lowest BCUT2D eigenvalue weighted by Gasteiger charge is -2.29. The fraction of sp³-hybridized carbons (Fsp3) is 0.526. The van der Waals surface area contributed by atoms with Gasteiger partial charge in [0.05, 0.1) is 0 Å². The van der Waals surface area contributed by atoms with Gasteiger partial charge in [0.25, 0.3) is 5.91 Å². The van der Waals surface area contributed by atoms with Crippen molar-refractivity contribution in [3.8, 4) is 0 Å². The lowest BCUT2D eigenvalue weighted by molar-refractivity contribution is -0.136. The monoisotopic (exact) mass is 356 g/mol. The van der Waals surface area contributed by atoms with Gasteiger partial charge in [0.15, 0.2) is 0 Å². The van der Waals surface area contributed by atoms with Crippen molar-refractivity contribution in [2.45, 2.75) is 63.3 Å². The predicted molar refractivity (Wildman–Crippen MR) is 94.9 cm³/mol. The second-order valence-electron chi connectivity index (χ2n) is 7.47. The zero-order valence-corrected chi connectivity index (χ0v) is 14.7. The van der Waals surface area contributed by atoms with E-state index in [1.807, 2.05) is 18.2 Å². The molecule has 4 N–H and O–H groups in total. The maximum Gasteiger partial charge on any atom is 0.255 e. The average molecular weight is 356 g/mol. The molecule has 2 aliphatic heterocycles. The summed E-state index contributed by atoms with van der Waals surface area (Å²) in [6, 6.07) is 5.87. The maximum atomic E-state index is 12.8. The molecule has 0 bridgehead atoms. The molecule has 1 aromatic rings. The van der Waals surface area contributed by atoms with Crippen molar-refractivity contribution in [2.24, 2.45) is 5.73 Å². The van der Waals surface area contributed by atoms with Crippen LogP contribution in [0.2, 0.25) is 0 Å². The molecule has 1 saturated carbocycles. The summed E-state index contributed by atoms with van der Waals surface area (Å²) in [4.78, 5) is 37.8. The molecule has 0 spiro atoms. The van der Waals surface area contributed by atoms with Gasteiger partial charge in [-0.25, -0.2) is 0 Å². The molecular weight excluding hydrogens is 332 g/mol. The summed E-state index contributed by atoms with van der Waals surface area (Å²) >= 11 is 0. The summed E-state index contributed by atoms with van der Waals surface area (Å²) in [7, 11) is 0. The number of nitrogens with one attached hydrogen (secondary N) is 2. The van der Waals surface area contributed by atoms with Crippen molar-refractivity contribution in [1.82, 2.24) is 15.5 Å². The lowest BCUT2D eigenvalue weighted by atomic mass is 10.0. The summed E-state index contributed by atoms with van der Waals surface area (Å²) in [5, 5.41) is 5.82. The van der Waals surface area contributed by atoms with Crippen LogP contribution in [0, 0.1) is 0 Å².